The quantitative estimate of drug-likeness (QED) is 0.459. The van der Waals surface area contributed by atoms with Crippen LogP contribution in [0.25, 0.3) is 0 Å². The summed E-state index contributed by atoms with van der Waals surface area (Å²) in [5.74, 6) is 1.09. The maximum atomic E-state index is 3.26. The molecule has 60 valence electrons. The highest BCUT2D eigenvalue weighted by Gasteiger charge is 2.19. The number of nitrogens with zero attached hydrogens (tertiary/aromatic N) is 1. The van der Waals surface area contributed by atoms with E-state index in [1.165, 1.54) is 25.7 Å². The summed E-state index contributed by atoms with van der Waals surface area (Å²) in [5.41, 5.74) is 3.26. The number of hydrogen-bond donors (Lipinski definition) is 1. The maximum absolute atomic E-state index is 3.26. The second-order valence-electron chi connectivity index (χ2n) is 3.39. The third-order valence-electron chi connectivity index (χ3n) is 1.91. The van der Waals surface area contributed by atoms with Gasteiger partial charge in [-0.1, -0.05) is 12.8 Å². The molecule has 0 aliphatic heterocycles. The second kappa shape index (κ2) is 3.94. The Morgan fingerprint density at radius 1 is 1.40 bits per heavy atom. The smallest absolute Gasteiger partial charge is 0.0102 e. The van der Waals surface area contributed by atoms with Gasteiger partial charge in [0.15, 0.2) is 0 Å². The first-order valence-corrected chi connectivity index (χ1v) is 4.20. The van der Waals surface area contributed by atoms with E-state index in [0.29, 0.717) is 0 Å². The Hall–Kier alpha value is -0.0800. The van der Waals surface area contributed by atoms with Crippen LogP contribution in [0, 0.1) is 5.92 Å². The van der Waals surface area contributed by atoms with Crippen LogP contribution in [0.3, 0.4) is 0 Å². The molecule has 0 bridgehead atoms. The molecule has 0 aromatic rings. The Balaban J connectivity index is 1.76. The molecule has 0 spiro atoms. The molecule has 10 heavy (non-hydrogen) atoms. The van der Waals surface area contributed by atoms with Crippen molar-refractivity contribution in [2.75, 3.05) is 20.6 Å². The van der Waals surface area contributed by atoms with Crippen molar-refractivity contribution in [1.82, 2.24) is 10.4 Å². The summed E-state index contributed by atoms with van der Waals surface area (Å²) in [5, 5.41) is 2.02. The zero-order chi connectivity index (χ0) is 7.40. The molecule has 1 saturated carbocycles. The van der Waals surface area contributed by atoms with Crippen molar-refractivity contribution < 1.29 is 0 Å². The zero-order valence-corrected chi connectivity index (χ0v) is 7.06. The minimum Gasteiger partial charge on any atom is -0.256 e. The highest BCUT2D eigenvalue weighted by molar-refractivity contribution is 4.72. The van der Waals surface area contributed by atoms with Crippen molar-refractivity contribution >= 4 is 0 Å². The largest absolute Gasteiger partial charge is 0.256 e. The summed E-state index contributed by atoms with van der Waals surface area (Å²) in [4.78, 5) is 0. The van der Waals surface area contributed by atoms with Gasteiger partial charge >= 0.3 is 0 Å². The topological polar surface area (TPSA) is 15.3 Å². The third-order valence-corrected chi connectivity index (χ3v) is 1.91. The number of nitrogens with one attached hydrogen (secondary N) is 1. The Morgan fingerprint density at radius 3 is 2.60 bits per heavy atom. The molecule has 0 aromatic heterocycles. The van der Waals surface area contributed by atoms with E-state index in [-0.39, 0.29) is 0 Å². The van der Waals surface area contributed by atoms with E-state index < -0.39 is 0 Å². The van der Waals surface area contributed by atoms with Crippen molar-refractivity contribution in [1.29, 1.82) is 0 Å². The van der Waals surface area contributed by atoms with Gasteiger partial charge in [0.2, 0.25) is 0 Å². The van der Waals surface area contributed by atoms with Gasteiger partial charge in [0.05, 0.1) is 0 Å². The van der Waals surface area contributed by atoms with E-state index in [1.54, 1.807) is 0 Å². The van der Waals surface area contributed by atoms with E-state index in [1.807, 2.05) is 19.1 Å². The van der Waals surface area contributed by atoms with Crippen LogP contribution in [0.4, 0.5) is 0 Å². The first-order chi connectivity index (χ1) is 4.79. The fourth-order valence-electron chi connectivity index (χ4n) is 1.10. The zero-order valence-electron chi connectivity index (χ0n) is 7.06. The Bertz CT molecular complexity index is 83.3. The molecule has 0 radical (unpaired) electrons. The highest BCUT2D eigenvalue weighted by Crippen LogP contribution is 2.33. The van der Waals surface area contributed by atoms with Gasteiger partial charge in [-0.3, -0.25) is 10.4 Å². The molecule has 1 fully saturated rings. The van der Waals surface area contributed by atoms with Crippen molar-refractivity contribution in [3.05, 3.63) is 0 Å². The lowest BCUT2D eigenvalue weighted by Gasteiger charge is -2.10. The number of rotatable bonds is 5. The normalized spacial score (nSPS) is 18.3. The van der Waals surface area contributed by atoms with Crippen LogP contribution in [-0.4, -0.2) is 25.6 Å². The van der Waals surface area contributed by atoms with Gasteiger partial charge in [-0.2, -0.15) is 0 Å². The van der Waals surface area contributed by atoms with Crippen LogP contribution in [0.5, 0.6) is 0 Å². The lowest BCUT2D eigenvalue weighted by molar-refractivity contribution is 0.285. The molecule has 2 heteroatoms. The molecule has 0 heterocycles. The predicted octanol–water partition coefficient (Wildman–Crippen LogP) is 1.24. The average molecular weight is 142 g/mol. The van der Waals surface area contributed by atoms with Gasteiger partial charge in [-0.15, -0.1) is 0 Å². The lowest BCUT2D eigenvalue weighted by atomic mass is 10.2. The standard InChI is InChI=1S/C8H18N2/c1-10(2)9-7-3-4-8-5-6-8/h8-9H,3-7H2,1-2H3. The van der Waals surface area contributed by atoms with Crippen LogP contribution in [0.2, 0.25) is 0 Å². The molecular formula is C8H18N2. The molecule has 0 saturated heterocycles. The van der Waals surface area contributed by atoms with Crippen LogP contribution in [0.1, 0.15) is 25.7 Å². The highest BCUT2D eigenvalue weighted by atomic mass is 15.5. The van der Waals surface area contributed by atoms with Crippen molar-refractivity contribution in [3.8, 4) is 0 Å². The summed E-state index contributed by atoms with van der Waals surface area (Å²) in [6.07, 6.45) is 5.74. The minimum absolute atomic E-state index is 1.09. The fraction of sp³-hybridized carbons (Fsp3) is 1.00. The molecule has 0 amide bonds. The van der Waals surface area contributed by atoms with Crippen molar-refractivity contribution in [2.24, 2.45) is 5.92 Å². The number of hydrogen-bond acceptors (Lipinski definition) is 2. The third kappa shape index (κ3) is 3.85. The molecule has 2 nitrogen and oxygen atoms in total. The maximum Gasteiger partial charge on any atom is 0.0102 e. The molecule has 1 aliphatic carbocycles. The second-order valence-corrected chi connectivity index (χ2v) is 3.39. The summed E-state index contributed by atoms with van der Waals surface area (Å²) < 4.78 is 0. The fourth-order valence-corrected chi connectivity index (χ4v) is 1.10. The van der Waals surface area contributed by atoms with Crippen molar-refractivity contribution in [3.63, 3.8) is 0 Å². The minimum atomic E-state index is 1.09. The molecule has 0 aromatic carbocycles. The van der Waals surface area contributed by atoms with Gasteiger partial charge < -0.3 is 0 Å². The molecule has 1 rings (SSSR count). The Kier molecular flexibility index (Phi) is 3.16. The molecule has 1 N–H and O–H groups in total. The molecule has 0 atom stereocenters. The van der Waals surface area contributed by atoms with Gasteiger partial charge in [0.25, 0.3) is 0 Å². The van der Waals surface area contributed by atoms with Gasteiger partial charge in [0, 0.05) is 20.6 Å². The van der Waals surface area contributed by atoms with Crippen LogP contribution in [0.15, 0.2) is 0 Å². The first kappa shape index (κ1) is 8.02. The summed E-state index contributed by atoms with van der Waals surface area (Å²) in [7, 11) is 4.08. The molecule has 1 aliphatic rings. The molecule has 0 unspecified atom stereocenters. The predicted molar refractivity (Wildman–Crippen MR) is 43.6 cm³/mol. The summed E-state index contributed by atoms with van der Waals surface area (Å²) in [6.45, 7) is 1.14. The van der Waals surface area contributed by atoms with E-state index in [0.717, 1.165) is 12.5 Å². The van der Waals surface area contributed by atoms with Crippen LogP contribution < -0.4 is 5.43 Å². The monoisotopic (exact) mass is 142 g/mol. The van der Waals surface area contributed by atoms with E-state index >= 15 is 0 Å². The Morgan fingerprint density at radius 2 is 2.10 bits per heavy atom. The van der Waals surface area contributed by atoms with Crippen LogP contribution >= 0.6 is 0 Å². The number of hydrazine groups is 1. The summed E-state index contributed by atoms with van der Waals surface area (Å²) >= 11 is 0. The molecular weight excluding hydrogens is 124 g/mol. The lowest BCUT2D eigenvalue weighted by Crippen LogP contribution is -2.31. The van der Waals surface area contributed by atoms with Gasteiger partial charge in [0.1, 0.15) is 0 Å². The van der Waals surface area contributed by atoms with E-state index in [2.05, 4.69) is 5.43 Å². The van der Waals surface area contributed by atoms with Crippen molar-refractivity contribution in [2.45, 2.75) is 25.7 Å². The first-order valence-electron chi connectivity index (χ1n) is 4.20. The summed E-state index contributed by atoms with van der Waals surface area (Å²) in [6, 6.07) is 0. The van der Waals surface area contributed by atoms with Gasteiger partial charge in [-0.05, 0) is 18.8 Å². The van der Waals surface area contributed by atoms with E-state index in [9.17, 15) is 0 Å². The average Bonchev–Trinajstić information content (AvgIpc) is 2.62. The Labute approximate surface area is 63.6 Å². The van der Waals surface area contributed by atoms with Crippen LogP contribution in [-0.2, 0) is 0 Å². The SMILES string of the molecule is CN(C)NCCCC1CC1. The van der Waals surface area contributed by atoms with E-state index in [4.69, 9.17) is 0 Å². The van der Waals surface area contributed by atoms with Gasteiger partial charge in [-0.25, -0.2) is 0 Å².